The van der Waals surface area contributed by atoms with Crippen LogP contribution in [0.4, 0.5) is 0 Å². The van der Waals surface area contributed by atoms with Crippen molar-refractivity contribution >= 4 is 5.97 Å². The molecule has 0 amide bonds. The number of ether oxygens (including phenoxy) is 1. The van der Waals surface area contributed by atoms with Gasteiger partial charge in [0.15, 0.2) is 0 Å². The van der Waals surface area contributed by atoms with Gasteiger partial charge in [0.1, 0.15) is 5.54 Å². The lowest BCUT2D eigenvalue weighted by molar-refractivity contribution is -0.151. The molecule has 0 aliphatic carbocycles. The van der Waals surface area contributed by atoms with Crippen LogP contribution in [0.25, 0.3) is 0 Å². The number of aromatic nitrogens is 1. The molecule has 0 bridgehead atoms. The maximum Gasteiger partial charge on any atom is 0.330 e. The number of carbonyl (C=O) groups excluding carboxylic acids is 1. The van der Waals surface area contributed by atoms with E-state index in [0.717, 1.165) is 5.56 Å². The van der Waals surface area contributed by atoms with E-state index in [1.807, 2.05) is 26.0 Å². The fourth-order valence-electron chi connectivity index (χ4n) is 1.61. The molecule has 88 valence electrons. The summed E-state index contributed by atoms with van der Waals surface area (Å²) in [7, 11) is 0. The maximum atomic E-state index is 12.0. The molecule has 0 fully saturated rings. The van der Waals surface area contributed by atoms with E-state index in [4.69, 9.17) is 4.74 Å². The largest absolute Gasteiger partial charge is 0.464 e. The summed E-state index contributed by atoms with van der Waals surface area (Å²) in [5.41, 5.74) is 0.0658. The molecule has 4 nitrogen and oxygen atoms in total. The minimum absolute atomic E-state index is 0.261. The van der Waals surface area contributed by atoms with E-state index in [1.54, 1.807) is 19.3 Å². The minimum Gasteiger partial charge on any atom is -0.464 e. The summed E-state index contributed by atoms with van der Waals surface area (Å²) in [6, 6.07) is 3.64. The third kappa shape index (κ3) is 2.58. The number of nitrogens with one attached hydrogen (secondary N) is 1. The first kappa shape index (κ1) is 12.6. The van der Waals surface area contributed by atoms with Crippen molar-refractivity contribution in [3.8, 4) is 0 Å². The second kappa shape index (κ2) is 5.61. The molecule has 16 heavy (non-hydrogen) atoms. The van der Waals surface area contributed by atoms with Crippen molar-refractivity contribution in [2.24, 2.45) is 0 Å². The number of esters is 1. The Balaban J connectivity index is 3.01. The summed E-state index contributed by atoms with van der Waals surface area (Å²) in [5, 5.41) is 3.16. The Bertz CT molecular complexity index is 340. The van der Waals surface area contributed by atoms with Gasteiger partial charge in [-0.25, -0.2) is 4.79 Å². The van der Waals surface area contributed by atoms with Gasteiger partial charge in [0.2, 0.25) is 0 Å². The van der Waals surface area contributed by atoms with Crippen molar-refractivity contribution in [1.82, 2.24) is 10.3 Å². The van der Waals surface area contributed by atoms with Crippen molar-refractivity contribution in [1.29, 1.82) is 0 Å². The molecule has 1 heterocycles. The quantitative estimate of drug-likeness (QED) is 0.766. The van der Waals surface area contributed by atoms with Crippen LogP contribution in [-0.4, -0.2) is 24.1 Å². The molecule has 0 saturated carbocycles. The summed E-state index contributed by atoms with van der Waals surface area (Å²) >= 11 is 0. The Morgan fingerprint density at radius 1 is 1.44 bits per heavy atom. The van der Waals surface area contributed by atoms with E-state index in [-0.39, 0.29) is 5.97 Å². The smallest absolute Gasteiger partial charge is 0.330 e. The Morgan fingerprint density at radius 2 is 2.06 bits per heavy atom. The molecule has 1 aromatic rings. The Kier molecular flexibility index (Phi) is 4.43. The summed E-state index contributed by atoms with van der Waals surface area (Å²) in [4.78, 5) is 15.9. The number of rotatable bonds is 5. The molecule has 0 spiro atoms. The number of hydrogen-bond donors (Lipinski definition) is 1. The van der Waals surface area contributed by atoms with Crippen molar-refractivity contribution in [2.75, 3.05) is 13.2 Å². The molecule has 1 unspecified atom stereocenters. The number of nitrogens with zero attached hydrogens (tertiary/aromatic N) is 1. The third-order valence-electron chi connectivity index (χ3n) is 2.47. The predicted molar refractivity (Wildman–Crippen MR) is 61.9 cm³/mol. The highest BCUT2D eigenvalue weighted by Gasteiger charge is 2.35. The lowest BCUT2D eigenvalue weighted by Gasteiger charge is -2.28. The van der Waals surface area contributed by atoms with Gasteiger partial charge in [-0.3, -0.25) is 10.3 Å². The SMILES string of the molecule is CCNC(C)(C(=O)OCC)c1ccncc1. The number of hydrogen-bond acceptors (Lipinski definition) is 4. The molecule has 0 aromatic carbocycles. The molecule has 1 aromatic heterocycles. The van der Waals surface area contributed by atoms with E-state index in [1.165, 1.54) is 0 Å². The van der Waals surface area contributed by atoms with Crippen LogP contribution in [0.3, 0.4) is 0 Å². The molecular weight excluding hydrogens is 204 g/mol. The third-order valence-corrected chi connectivity index (χ3v) is 2.47. The predicted octanol–water partition coefficient (Wildman–Crippen LogP) is 1.47. The first-order valence-electron chi connectivity index (χ1n) is 5.48. The summed E-state index contributed by atoms with van der Waals surface area (Å²) in [6.45, 7) is 6.65. The standard InChI is InChI=1S/C12H18N2O2/c1-4-14-12(3,11(15)16-5-2)10-6-8-13-9-7-10/h6-9,14H,4-5H2,1-3H3. The van der Waals surface area contributed by atoms with Crippen LogP contribution in [0.2, 0.25) is 0 Å². The zero-order valence-electron chi connectivity index (χ0n) is 9.99. The van der Waals surface area contributed by atoms with Crippen LogP contribution in [0.1, 0.15) is 26.3 Å². The molecular formula is C12H18N2O2. The van der Waals surface area contributed by atoms with E-state index < -0.39 is 5.54 Å². The fraction of sp³-hybridized carbons (Fsp3) is 0.500. The highest BCUT2D eigenvalue weighted by molar-refractivity contribution is 5.82. The lowest BCUT2D eigenvalue weighted by atomic mass is 9.93. The average Bonchev–Trinajstić information content (AvgIpc) is 2.30. The molecule has 1 atom stereocenters. The van der Waals surface area contributed by atoms with Crippen molar-refractivity contribution in [3.63, 3.8) is 0 Å². The van der Waals surface area contributed by atoms with E-state index >= 15 is 0 Å². The zero-order valence-corrected chi connectivity index (χ0v) is 9.99. The number of pyridine rings is 1. The van der Waals surface area contributed by atoms with Crippen molar-refractivity contribution < 1.29 is 9.53 Å². The van der Waals surface area contributed by atoms with Gasteiger partial charge in [-0.15, -0.1) is 0 Å². The van der Waals surface area contributed by atoms with Gasteiger partial charge >= 0.3 is 5.97 Å². The van der Waals surface area contributed by atoms with Crippen molar-refractivity contribution in [3.05, 3.63) is 30.1 Å². The Labute approximate surface area is 96.0 Å². The van der Waals surface area contributed by atoms with E-state index in [0.29, 0.717) is 13.2 Å². The first-order valence-corrected chi connectivity index (χ1v) is 5.48. The maximum absolute atomic E-state index is 12.0. The van der Waals surface area contributed by atoms with Gasteiger partial charge in [0.05, 0.1) is 6.61 Å². The molecule has 0 radical (unpaired) electrons. The van der Waals surface area contributed by atoms with Crippen LogP contribution < -0.4 is 5.32 Å². The second-order valence-electron chi connectivity index (χ2n) is 3.61. The van der Waals surface area contributed by atoms with Gasteiger partial charge in [0.25, 0.3) is 0 Å². The summed E-state index contributed by atoms with van der Waals surface area (Å²) in [5.74, 6) is -0.261. The Morgan fingerprint density at radius 3 is 2.56 bits per heavy atom. The molecule has 0 aliphatic heterocycles. The zero-order chi connectivity index (χ0) is 12.0. The van der Waals surface area contributed by atoms with Crippen LogP contribution in [0.5, 0.6) is 0 Å². The van der Waals surface area contributed by atoms with Gasteiger partial charge in [0, 0.05) is 12.4 Å². The molecule has 1 N–H and O–H groups in total. The van der Waals surface area contributed by atoms with Gasteiger partial charge in [-0.05, 0) is 38.1 Å². The lowest BCUT2D eigenvalue weighted by Crippen LogP contribution is -2.47. The topological polar surface area (TPSA) is 51.2 Å². The molecule has 0 saturated heterocycles. The molecule has 0 aliphatic rings. The molecule has 4 heteroatoms. The highest BCUT2D eigenvalue weighted by Crippen LogP contribution is 2.21. The van der Waals surface area contributed by atoms with Crippen LogP contribution >= 0.6 is 0 Å². The average molecular weight is 222 g/mol. The monoisotopic (exact) mass is 222 g/mol. The van der Waals surface area contributed by atoms with E-state index in [9.17, 15) is 4.79 Å². The van der Waals surface area contributed by atoms with Crippen molar-refractivity contribution in [2.45, 2.75) is 26.3 Å². The summed E-state index contributed by atoms with van der Waals surface area (Å²) in [6.07, 6.45) is 3.34. The van der Waals surface area contributed by atoms with E-state index in [2.05, 4.69) is 10.3 Å². The van der Waals surface area contributed by atoms with Gasteiger partial charge in [-0.1, -0.05) is 6.92 Å². The Hall–Kier alpha value is -1.42. The van der Waals surface area contributed by atoms with Crippen LogP contribution in [0.15, 0.2) is 24.5 Å². The normalized spacial score (nSPS) is 14.2. The van der Waals surface area contributed by atoms with Gasteiger partial charge in [-0.2, -0.15) is 0 Å². The van der Waals surface area contributed by atoms with Gasteiger partial charge < -0.3 is 4.74 Å². The minimum atomic E-state index is -0.798. The fourth-order valence-corrected chi connectivity index (χ4v) is 1.61. The number of likely N-dealkylation sites (N-methyl/N-ethyl adjacent to an activating group) is 1. The highest BCUT2D eigenvalue weighted by atomic mass is 16.5. The van der Waals surface area contributed by atoms with Crippen LogP contribution in [-0.2, 0) is 15.1 Å². The first-order chi connectivity index (χ1) is 7.65. The second-order valence-corrected chi connectivity index (χ2v) is 3.61. The molecule has 1 rings (SSSR count). The summed E-state index contributed by atoms with van der Waals surface area (Å²) < 4.78 is 5.09. The van der Waals surface area contributed by atoms with Crippen LogP contribution in [0, 0.1) is 0 Å². The number of carbonyl (C=O) groups is 1.